The number of esters is 1. The summed E-state index contributed by atoms with van der Waals surface area (Å²) in [5.74, 6) is 1.36. The summed E-state index contributed by atoms with van der Waals surface area (Å²) in [6, 6.07) is 14.8. The van der Waals surface area contributed by atoms with Crippen molar-refractivity contribution in [2.24, 2.45) is 11.8 Å². The van der Waals surface area contributed by atoms with Crippen LogP contribution >= 0.6 is 0 Å². The van der Waals surface area contributed by atoms with E-state index < -0.39 is 35.7 Å². The van der Waals surface area contributed by atoms with Crippen molar-refractivity contribution in [3.05, 3.63) is 88.5 Å². The third-order valence-corrected chi connectivity index (χ3v) is 10.5. The van der Waals surface area contributed by atoms with Gasteiger partial charge in [0.2, 0.25) is 18.3 Å². The van der Waals surface area contributed by atoms with Crippen LogP contribution in [-0.4, -0.2) is 87.4 Å². The lowest BCUT2D eigenvalue weighted by Gasteiger charge is -2.39. The lowest BCUT2D eigenvalue weighted by Crippen LogP contribution is -2.44. The molecule has 4 aromatic carbocycles. The monoisotopic (exact) mass is 797 g/mol. The number of cyclic esters (lactones) is 1. The van der Waals surface area contributed by atoms with Crippen LogP contribution in [0.3, 0.4) is 0 Å². The van der Waals surface area contributed by atoms with Gasteiger partial charge in [-0.2, -0.15) is 0 Å². The Hall–Kier alpha value is -6.77. The fraction of sp³-hybridized carbons (Fsp3) is 0.326. The first-order chi connectivity index (χ1) is 28.2. The Bertz CT molecular complexity index is 2220. The molecule has 0 bridgehead atoms. The van der Waals surface area contributed by atoms with E-state index >= 15 is 0 Å². The number of fused-ring (bicyclic) bond motifs is 3. The van der Waals surface area contributed by atoms with Crippen LogP contribution in [-0.2, 0) is 14.3 Å². The first-order valence-electron chi connectivity index (χ1n) is 18.2. The maximum Gasteiger partial charge on any atom is 0.310 e. The number of ketones is 1. The molecule has 1 amide bonds. The smallest absolute Gasteiger partial charge is 0.310 e. The van der Waals surface area contributed by atoms with E-state index in [2.05, 4.69) is 5.32 Å². The lowest BCUT2D eigenvalue weighted by atomic mass is 9.65. The zero-order chi connectivity index (χ0) is 41.1. The molecule has 1 aliphatic carbocycles. The van der Waals surface area contributed by atoms with Gasteiger partial charge in [-0.25, -0.2) is 0 Å². The second-order valence-corrected chi connectivity index (χ2v) is 13.4. The molecule has 0 aromatic heterocycles. The molecule has 304 valence electrons. The van der Waals surface area contributed by atoms with E-state index in [0.29, 0.717) is 68.6 Å². The van der Waals surface area contributed by atoms with Gasteiger partial charge in [0.15, 0.2) is 46.9 Å². The summed E-state index contributed by atoms with van der Waals surface area (Å²) >= 11 is 0. The van der Waals surface area contributed by atoms with Crippen molar-refractivity contribution >= 4 is 23.7 Å². The SMILES string of the molecule is COc1ccc(OCC(=O)N[C@@H]2c3cc4c(cc3[C@@H](c3cc(OC)c(OC)c(OC)c3)[C@H]3C(=O)OC[C@@H]32)OCO4)cc1/C=C/C(=O)c1cc(OC)c(OC)c(OC)c1. The highest BCUT2D eigenvalue weighted by atomic mass is 16.7. The van der Waals surface area contributed by atoms with E-state index in [4.69, 9.17) is 52.1 Å². The maximum atomic E-state index is 13.7. The largest absolute Gasteiger partial charge is 0.496 e. The maximum absolute atomic E-state index is 13.7. The molecule has 7 rings (SSSR count). The molecule has 3 aliphatic rings. The predicted octanol–water partition coefficient (Wildman–Crippen LogP) is 5.54. The number of methoxy groups -OCH3 is 7. The number of amides is 1. The third-order valence-electron chi connectivity index (χ3n) is 10.5. The molecule has 58 heavy (non-hydrogen) atoms. The Labute approximate surface area is 334 Å². The summed E-state index contributed by atoms with van der Waals surface area (Å²) in [6.07, 6.45) is 2.97. The highest BCUT2D eigenvalue weighted by molar-refractivity contribution is 6.07. The Morgan fingerprint density at radius 1 is 0.707 bits per heavy atom. The van der Waals surface area contributed by atoms with E-state index in [1.54, 1.807) is 36.4 Å². The van der Waals surface area contributed by atoms with Gasteiger partial charge in [-0.1, -0.05) is 0 Å². The molecule has 15 heteroatoms. The molecule has 2 aliphatic heterocycles. The highest BCUT2D eigenvalue weighted by Gasteiger charge is 2.53. The van der Waals surface area contributed by atoms with Gasteiger partial charge in [-0.15, -0.1) is 0 Å². The molecule has 4 atom stereocenters. The van der Waals surface area contributed by atoms with Crippen molar-refractivity contribution in [1.29, 1.82) is 0 Å². The fourth-order valence-corrected chi connectivity index (χ4v) is 7.81. The second-order valence-electron chi connectivity index (χ2n) is 13.4. The Morgan fingerprint density at radius 2 is 1.29 bits per heavy atom. The molecule has 1 fully saturated rings. The predicted molar refractivity (Wildman–Crippen MR) is 207 cm³/mol. The molecule has 0 saturated carbocycles. The minimum atomic E-state index is -0.680. The molecule has 0 radical (unpaired) electrons. The van der Waals surface area contributed by atoms with Crippen LogP contribution in [0.2, 0.25) is 0 Å². The third kappa shape index (κ3) is 7.30. The van der Waals surface area contributed by atoms with Crippen LogP contribution in [0, 0.1) is 11.8 Å². The van der Waals surface area contributed by atoms with Gasteiger partial charge in [0.05, 0.1) is 68.3 Å². The number of allylic oxidation sites excluding steroid dienone is 1. The van der Waals surface area contributed by atoms with Gasteiger partial charge in [-0.05, 0) is 83.4 Å². The van der Waals surface area contributed by atoms with Crippen molar-refractivity contribution < 1.29 is 66.5 Å². The number of hydrogen-bond acceptors (Lipinski definition) is 14. The first-order valence-corrected chi connectivity index (χ1v) is 18.2. The van der Waals surface area contributed by atoms with Crippen molar-refractivity contribution in [2.45, 2.75) is 12.0 Å². The summed E-state index contributed by atoms with van der Waals surface area (Å²) in [5, 5.41) is 3.11. The van der Waals surface area contributed by atoms with Crippen LogP contribution in [0.15, 0.2) is 60.7 Å². The molecular weight excluding hydrogens is 754 g/mol. The quantitative estimate of drug-likeness (QED) is 0.0905. The summed E-state index contributed by atoms with van der Waals surface area (Å²) in [4.78, 5) is 40.6. The summed E-state index contributed by atoms with van der Waals surface area (Å²) < 4.78 is 61.7. The van der Waals surface area contributed by atoms with Gasteiger partial charge in [-0.3, -0.25) is 14.4 Å². The van der Waals surface area contributed by atoms with Crippen LogP contribution in [0.4, 0.5) is 0 Å². The topological polar surface area (TPSA) is 165 Å². The minimum absolute atomic E-state index is 0.0328. The first kappa shape index (κ1) is 39.5. The number of nitrogens with one attached hydrogen (secondary N) is 1. The molecule has 15 nitrogen and oxygen atoms in total. The lowest BCUT2D eigenvalue weighted by molar-refractivity contribution is -0.141. The summed E-state index contributed by atoms with van der Waals surface area (Å²) in [7, 11) is 10.5. The van der Waals surface area contributed by atoms with Gasteiger partial charge < -0.3 is 57.4 Å². The van der Waals surface area contributed by atoms with Crippen LogP contribution < -0.4 is 52.7 Å². The van der Waals surface area contributed by atoms with E-state index in [-0.39, 0.29) is 25.8 Å². The van der Waals surface area contributed by atoms with E-state index in [9.17, 15) is 14.4 Å². The zero-order valence-electron chi connectivity index (χ0n) is 33.0. The number of carbonyl (C=O) groups excluding carboxylic acids is 3. The molecule has 1 saturated heterocycles. The Balaban J connectivity index is 1.14. The van der Waals surface area contributed by atoms with Crippen LogP contribution in [0.25, 0.3) is 6.08 Å². The van der Waals surface area contributed by atoms with Gasteiger partial charge in [0.1, 0.15) is 11.5 Å². The summed E-state index contributed by atoms with van der Waals surface area (Å²) in [5.41, 5.74) is 3.06. The normalized spacial score (nSPS) is 18.7. The van der Waals surface area contributed by atoms with Crippen molar-refractivity contribution in [1.82, 2.24) is 5.32 Å². The van der Waals surface area contributed by atoms with Crippen molar-refractivity contribution in [2.75, 3.05) is 69.8 Å². The molecule has 2 heterocycles. The standard InChI is InChI=1S/C43H43NO14/c1-48-30-11-9-25(12-22(30)8-10-29(45)23-13-33(49-2)41(53-6)34(14-23)50-3)55-20-37(46)44-40-27-18-32-31(57-21-58-32)17-26(27)38(39-28(40)19-56-43(39)47)24-15-35(51-4)42(54-7)36(16-24)52-5/h8-18,28,38-40H,19-21H2,1-7H3,(H,44,46)/b10-8+/t28-,38+,39-,40+/m0/s1. The minimum Gasteiger partial charge on any atom is -0.496 e. The Morgan fingerprint density at radius 3 is 1.88 bits per heavy atom. The van der Waals surface area contributed by atoms with Crippen LogP contribution in [0.5, 0.6) is 57.5 Å². The molecule has 4 aromatic rings. The molecular formula is C43H43NO14. The average molecular weight is 798 g/mol. The van der Waals surface area contributed by atoms with Crippen molar-refractivity contribution in [3.63, 3.8) is 0 Å². The van der Waals surface area contributed by atoms with Gasteiger partial charge in [0, 0.05) is 23.0 Å². The molecule has 1 N–H and O–H groups in total. The zero-order valence-corrected chi connectivity index (χ0v) is 33.0. The van der Waals surface area contributed by atoms with Crippen LogP contribution in [0.1, 0.15) is 44.6 Å². The fourth-order valence-electron chi connectivity index (χ4n) is 7.81. The van der Waals surface area contributed by atoms with E-state index in [1.165, 1.54) is 55.8 Å². The number of carbonyl (C=O) groups is 3. The van der Waals surface area contributed by atoms with E-state index in [0.717, 1.165) is 16.7 Å². The highest BCUT2D eigenvalue weighted by Crippen LogP contribution is 2.55. The average Bonchev–Trinajstić information content (AvgIpc) is 3.88. The second kappa shape index (κ2) is 16.8. The number of hydrogen-bond donors (Lipinski definition) is 1. The molecule has 0 unspecified atom stereocenters. The number of ether oxygens (including phenoxy) is 11. The van der Waals surface area contributed by atoms with E-state index in [1.807, 2.05) is 24.3 Å². The molecule has 0 spiro atoms. The van der Waals surface area contributed by atoms with Crippen molar-refractivity contribution in [3.8, 4) is 57.5 Å². The Kier molecular flexibility index (Phi) is 11.4. The number of benzene rings is 4. The van der Waals surface area contributed by atoms with Gasteiger partial charge >= 0.3 is 5.97 Å². The van der Waals surface area contributed by atoms with Gasteiger partial charge in [0.25, 0.3) is 5.91 Å². The number of rotatable bonds is 15. The summed E-state index contributed by atoms with van der Waals surface area (Å²) in [6.45, 7) is -0.253.